The van der Waals surface area contributed by atoms with Crippen molar-refractivity contribution in [3.63, 3.8) is 0 Å². The Balaban J connectivity index is 2.17. The molecular weight excluding hydrogens is 439 g/mol. The lowest BCUT2D eigenvalue weighted by Crippen LogP contribution is -2.32. The zero-order valence-electron chi connectivity index (χ0n) is 11.5. The third-order valence-corrected chi connectivity index (χ3v) is 4.29. The van der Waals surface area contributed by atoms with E-state index >= 15 is 0 Å². The molecule has 10 heteroatoms. The summed E-state index contributed by atoms with van der Waals surface area (Å²) in [7, 11) is 0. The number of amides is 1. The molecule has 1 amide bonds. The van der Waals surface area contributed by atoms with E-state index in [0.717, 1.165) is 24.3 Å². The quantitative estimate of drug-likeness (QED) is 0.374. The minimum Gasteiger partial charge on any atom is -0.322 e. The zero-order chi connectivity index (χ0) is 18.1. The first kappa shape index (κ1) is 19.0. The van der Waals surface area contributed by atoms with E-state index in [9.17, 15) is 22.4 Å². The van der Waals surface area contributed by atoms with Gasteiger partial charge in [-0.1, -0.05) is 23.7 Å². The average molecular weight is 446 g/mol. The van der Waals surface area contributed by atoms with Crippen molar-refractivity contribution < 1.29 is 22.4 Å². The highest BCUT2D eigenvalue weighted by Crippen LogP contribution is 2.45. The van der Waals surface area contributed by atoms with Gasteiger partial charge in [0.05, 0.1) is 10.0 Å². The smallest absolute Gasteiger partial charge is 0.322 e. The molecule has 1 N–H and O–H groups in total. The Kier molecular flexibility index (Phi) is 5.41. The lowest BCUT2D eigenvalue weighted by atomic mass is 10.1. The maximum Gasteiger partial charge on any atom is 0.388 e. The predicted molar refractivity (Wildman–Crippen MR) is 86.0 cm³/mol. The van der Waals surface area contributed by atoms with Crippen LogP contribution in [0.15, 0.2) is 41.0 Å². The number of aromatic nitrogens is 1. The van der Waals surface area contributed by atoms with Crippen molar-refractivity contribution in [3.8, 4) is 0 Å². The molecule has 2 aromatic rings. The molecule has 0 aliphatic rings. The Morgan fingerprint density at radius 2 is 1.75 bits per heavy atom. The molecule has 0 atom stereocenters. The van der Waals surface area contributed by atoms with Crippen LogP contribution in [0.5, 0.6) is 0 Å². The molecule has 0 saturated carbocycles. The van der Waals surface area contributed by atoms with Gasteiger partial charge in [0.25, 0.3) is 5.91 Å². The number of alkyl halides is 5. The zero-order valence-corrected chi connectivity index (χ0v) is 14.6. The second-order valence-electron chi connectivity index (χ2n) is 4.60. The molecule has 2 rings (SSSR count). The summed E-state index contributed by atoms with van der Waals surface area (Å²) in [6, 6.07) is 5.04. The van der Waals surface area contributed by atoms with E-state index in [2.05, 4.69) is 37.8 Å². The molecule has 0 spiro atoms. The van der Waals surface area contributed by atoms with Crippen LogP contribution < -0.4 is 5.32 Å². The van der Waals surface area contributed by atoms with Gasteiger partial charge in [-0.2, -0.15) is 17.6 Å². The second kappa shape index (κ2) is 6.85. The lowest BCUT2D eigenvalue weighted by molar-refractivity contribution is -0.164. The lowest BCUT2D eigenvalue weighted by Gasteiger charge is -2.21. The Labute approximate surface area is 152 Å². The number of hydrogen-bond donors (Lipinski definition) is 1. The number of anilines is 1. The first-order valence-electron chi connectivity index (χ1n) is 6.20. The van der Waals surface area contributed by atoms with Crippen LogP contribution >= 0.6 is 39.1 Å². The van der Waals surface area contributed by atoms with Gasteiger partial charge in [0.1, 0.15) is 5.15 Å². The summed E-state index contributed by atoms with van der Waals surface area (Å²) in [4.78, 5) is 15.8. The molecule has 128 valence electrons. The molecule has 0 bridgehead atoms. The van der Waals surface area contributed by atoms with Gasteiger partial charge < -0.3 is 5.32 Å². The molecule has 0 radical (unpaired) electrons. The number of carbonyl (C=O) groups is 1. The van der Waals surface area contributed by atoms with Gasteiger partial charge in [-0.15, -0.1) is 0 Å². The Morgan fingerprint density at radius 3 is 2.25 bits per heavy atom. The molecule has 3 nitrogen and oxygen atoms in total. The Hall–Kier alpha value is -1.38. The summed E-state index contributed by atoms with van der Waals surface area (Å²) < 4.78 is 52.6. The van der Waals surface area contributed by atoms with Crippen LogP contribution in [0.2, 0.25) is 5.15 Å². The Morgan fingerprint density at radius 1 is 1.17 bits per heavy atom. The van der Waals surface area contributed by atoms with Gasteiger partial charge in [-0.25, -0.2) is 4.98 Å². The van der Waals surface area contributed by atoms with Crippen LogP contribution in [-0.2, 0) is 5.92 Å². The standard InChI is InChI=1S/C14H7BrCl2F4N2O/c15-10-5-7(6-22-11(10)16)12(24)23-9-3-1-8(2-4-9)13(18,19)14(17,20)21/h1-6H,(H,23,24). The molecule has 0 unspecified atom stereocenters. The van der Waals surface area contributed by atoms with Gasteiger partial charge in [-0.05, 0) is 45.7 Å². The SMILES string of the molecule is O=C(Nc1ccc(C(F)(F)C(F)(F)Cl)cc1)c1cnc(Cl)c(Br)c1. The van der Waals surface area contributed by atoms with Crippen molar-refractivity contribution in [1.82, 2.24) is 4.98 Å². The minimum atomic E-state index is -4.72. The predicted octanol–water partition coefficient (Wildman–Crippen LogP) is 5.67. The number of nitrogens with zero attached hydrogens (tertiary/aromatic N) is 1. The molecule has 24 heavy (non-hydrogen) atoms. The van der Waals surface area contributed by atoms with Gasteiger partial charge in [0.15, 0.2) is 0 Å². The highest BCUT2D eigenvalue weighted by Gasteiger charge is 2.56. The number of nitrogens with one attached hydrogen (secondary N) is 1. The van der Waals surface area contributed by atoms with Crippen molar-refractivity contribution in [2.24, 2.45) is 0 Å². The molecular formula is C14H7BrCl2F4N2O. The highest BCUT2D eigenvalue weighted by molar-refractivity contribution is 9.10. The summed E-state index contributed by atoms with van der Waals surface area (Å²) >= 11 is 13.2. The third kappa shape index (κ3) is 3.99. The van der Waals surface area contributed by atoms with E-state index in [1.165, 1.54) is 12.3 Å². The van der Waals surface area contributed by atoms with Crippen LogP contribution in [0.4, 0.5) is 23.2 Å². The van der Waals surface area contributed by atoms with Crippen molar-refractivity contribution in [2.45, 2.75) is 11.3 Å². The normalized spacial score (nSPS) is 12.1. The Bertz CT molecular complexity index is 766. The van der Waals surface area contributed by atoms with Gasteiger partial charge in [0, 0.05) is 17.4 Å². The van der Waals surface area contributed by atoms with Crippen LogP contribution in [0.1, 0.15) is 15.9 Å². The van der Waals surface area contributed by atoms with E-state index in [-0.39, 0.29) is 16.4 Å². The van der Waals surface area contributed by atoms with Crippen LogP contribution in [0, 0.1) is 0 Å². The number of pyridine rings is 1. The van der Waals surface area contributed by atoms with Gasteiger partial charge in [0.2, 0.25) is 0 Å². The van der Waals surface area contributed by atoms with Crippen molar-refractivity contribution in [2.75, 3.05) is 5.32 Å². The minimum absolute atomic E-state index is 0.128. The van der Waals surface area contributed by atoms with Crippen molar-refractivity contribution in [3.05, 3.63) is 57.3 Å². The van der Waals surface area contributed by atoms with Crippen molar-refractivity contribution >= 4 is 50.7 Å². The molecule has 1 aromatic carbocycles. The van der Waals surface area contributed by atoms with Crippen LogP contribution in [0.3, 0.4) is 0 Å². The number of hydrogen-bond acceptors (Lipinski definition) is 2. The maximum atomic E-state index is 13.4. The fourth-order valence-corrected chi connectivity index (χ4v) is 2.24. The van der Waals surface area contributed by atoms with E-state index < -0.39 is 22.8 Å². The summed E-state index contributed by atoms with van der Waals surface area (Å²) in [5, 5.41) is -2.14. The molecule has 0 saturated heterocycles. The van der Waals surface area contributed by atoms with Crippen molar-refractivity contribution in [1.29, 1.82) is 0 Å². The highest BCUT2D eigenvalue weighted by atomic mass is 79.9. The fourth-order valence-electron chi connectivity index (χ4n) is 1.68. The first-order valence-corrected chi connectivity index (χ1v) is 7.75. The summed E-state index contributed by atoms with van der Waals surface area (Å²) in [5.74, 6) is -5.12. The van der Waals surface area contributed by atoms with E-state index in [4.69, 9.17) is 11.6 Å². The number of carbonyl (C=O) groups excluding carboxylic acids is 1. The average Bonchev–Trinajstić information content (AvgIpc) is 2.49. The van der Waals surface area contributed by atoms with Gasteiger partial charge >= 0.3 is 11.3 Å². The van der Waals surface area contributed by atoms with Crippen LogP contribution in [-0.4, -0.2) is 16.3 Å². The molecule has 1 aromatic heterocycles. The maximum absolute atomic E-state index is 13.4. The summed E-state index contributed by atoms with van der Waals surface area (Å²) in [6.45, 7) is 0. The molecule has 0 aliphatic carbocycles. The monoisotopic (exact) mass is 444 g/mol. The largest absolute Gasteiger partial charge is 0.388 e. The molecule has 0 aliphatic heterocycles. The van der Waals surface area contributed by atoms with E-state index in [1.54, 1.807) is 0 Å². The first-order chi connectivity index (χ1) is 11.0. The molecule has 1 heterocycles. The fraction of sp³-hybridized carbons (Fsp3) is 0.143. The number of rotatable bonds is 4. The van der Waals surface area contributed by atoms with Crippen LogP contribution in [0.25, 0.3) is 0 Å². The number of halogens is 7. The summed E-state index contributed by atoms with van der Waals surface area (Å²) in [6.07, 6.45) is 1.22. The van der Waals surface area contributed by atoms with E-state index in [0.29, 0.717) is 4.47 Å². The third-order valence-electron chi connectivity index (χ3n) is 2.92. The number of benzene rings is 1. The molecule has 0 fully saturated rings. The van der Waals surface area contributed by atoms with Gasteiger partial charge in [-0.3, -0.25) is 4.79 Å². The second-order valence-corrected chi connectivity index (χ2v) is 6.29. The van der Waals surface area contributed by atoms with E-state index in [1.807, 2.05) is 0 Å². The topological polar surface area (TPSA) is 42.0 Å². The summed E-state index contributed by atoms with van der Waals surface area (Å²) in [5.41, 5.74) is -0.687.